The molecule has 0 saturated carbocycles. The average molecular weight is 400 g/mol. The topological polar surface area (TPSA) is 38.3 Å². The van der Waals surface area contributed by atoms with E-state index in [0.29, 0.717) is 28.0 Å². The van der Waals surface area contributed by atoms with Gasteiger partial charge in [-0.05, 0) is 66.9 Å². The van der Waals surface area contributed by atoms with Crippen LogP contribution in [0.4, 0.5) is 5.69 Å². The zero-order valence-electron chi connectivity index (χ0n) is 15.1. The van der Waals surface area contributed by atoms with Crippen molar-refractivity contribution < 1.29 is 9.53 Å². The van der Waals surface area contributed by atoms with E-state index >= 15 is 0 Å². The second-order valence-electron chi connectivity index (χ2n) is 6.27. The first-order valence-electron chi connectivity index (χ1n) is 8.48. The normalized spacial score (nSPS) is 10.5. The van der Waals surface area contributed by atoms with Crippen molar-refractivity contribution in [3.8, 4) is 5.75 Å². The lowest BCUT2D eigenvalue weighted by Gasteiger charge is -2.12. The van der Waals surface area contributed by atoms with Crippen LogP contribution in [0.1, 0.15) is 27.0 Å². The first-order valence-corrected chi connectivity index (χ1v) is 9.24. The molecule has 0 spiro atoms. The number of rotatable bonds is 5. The van der Waals surface area contributed by atoms with Crippen LogP contribution in [0.5, 0.6) is 5.75 Å². The number of aryl methyl sites for hydroxylation is 1. The Bertz CT molecular complexity index is 986. The zero-order chi connectivity index (χ0) is 19.4. The van der Waals surface area contributed by atoms with Crippen molar-refractivity contribution in [3.63, 3.8) is 0 Å². The van der Waals surface area contributed by atoms with E-state index in [2.05, 4.69) is 5.32 Å². The molecule has 138 valence electrons. The summed E-state index contributed by atoms with van der Waals surface area (Å²) < 4.78 is 5.79. The van der Waals surface area contributed by atoms with Gasteiger partial charge in [0.15, 0.2) is 0 Å². The number of carbonyl (C=O) groups excluding carboxylic acids is 1. The monoisotopic (exact) mass is 399 g/mol. The summed E-state index contributed by atoms with van der Waals surface area (Å²) in [7, 11) is 0. The lowest BCUT2D eigenvalue weighted by Crippen LogP contribution is -2.13. The van der Waals surface area contributed by atoms with E-state index < -0.39 is 0 Å². The predicted octanol–water partition coefficient (Wildman–Crippen LogP) is 6.44. The van der Waals surface area contributed by atoms with Crippen LogP contribution >= 0.6 is 23.2 Å². The van der Waals surface area contributed by atoms with Crippen molar-refractivity contribution in [1.29, 1.82) is 0 Å². The summed E-state index contributed by atoms with van der Waals surface area (Å²) in [6, 6.07) is 18.3. The van der Waals surface area contributed by atoms with Crippen LogP contribution in [0.15, 0.2) is 60.7 Å². The molecular formula is C22H19Cl2NO2. The molecule has 0 atom stereocenters. The van der Waals surface area contributed by atoms with Gasteiger partial charge in [-0.2, -0.15) is 0 Å². The van der Waals surface area contributed by atoms with E-state index in [4.69, 9.17) is 27.9 Å². The molecule has 0 aliphatic carbocycles. The molecule has 0 unspecified atom stereocenters. The smallest absolute Gasteiger partial charge is 0.255 e. The summed E-state index contributed by atoms with van der Waals surface area (Å²) >= 11 is 11.9. The summed E-state index contributed by atoms with van der Waals surface area (Å²) in [5.41, 5.74) is 4.42. The number of benzene rings is 3. The molecular weight excluding hydrogens is 381 g/mol. The molecule has 0 aliphatic rings. The summed E-state index contributed by atoms with van der Waals surface area (Å²) in [6.07, 6.45) is 0. The van der Waals surface area contributed by atoms with E-state index in [1.165, 1.54) is 0 Å². The molecule has 3 nitrogen and oxygen atoms in total. The highest BCUT2D eigenvalue weighted by Gasteiger charge is 2.10. The molecule has 0 fully saturated rings. The van der Waals surface area contributed by atoms with Gasteiger partial charge >= 0.3 is 0 Å². The van der Waals surface area contributed by atoms with E-state index in [-0.39, 0.29) is 5.91 Å². The van der Waals surface area contributed by atoms with Crippen LogP contribution in [0.3, 0.4) is 0 Å². The van der Waals surface area contributed by atoms with Gasteiger partial charge in [-0.1, -0.05) is 47.5 Å². The summed E-state index contributed by atoms with van der Waals surface area (Å²) in [4.78, 5) is 12.6. The number of anilines is 1. The molecule has 1 N–H and O–H groups in total. The number of halogens is 2. The Hall–Kier alpha value is -2.49. The molecule has 0 heterocycles. The van der Waals surface area contributed by atoms with Gasteiger partial charge in [0.1, 0.15) is 12.4 Å². The number of hydrogen-bond acceptors (Lipinski definition) is 2. The minimum absolute atomic E-state index is 0.177. The van der Waals surface area contributed by atoms with Crippen LogP contribution in [0.25, 0.3) is 0 Å². The van der Waals surface area contributed by atoms with E-state index in [9.17, 15) is 4.79 Å². The van der Waals surface area contributed by atoms with Crippen LogP contribution in [-0.2, 0) is 6.61 Å². The summed E-state index contributed by atoms with van der Waals surface area (Å²) in [5, 5.41) is 3.95. The quantitative estimate of drug-likeness (QED) is 0.535. The molecule has 3 rings (SSSR count). The summed E-state index contributed by atoms with van der Waals surface area (Å²) in [6.45, 7) is 4.34. The van der Waals surface area contributed by atoms with Crippen LogP contribution in [-0.4, -0.2) is 5.91 Å². The molecule has 0 aliphatic heterocycles. The Labute approximate surface area is 168 Å². The molecule has 3 aromatic rings. The van der Waals surface area contributed by atoms with E-state index in [0.717, 1.165) is 22.4 Å². The maximum absolute atomic E-state index is 12.6. The molecule has 0 bridgehead atoms. The van der Waals surface area contributed by atoms with Gasteiger partial charge in [0.05, 0.1) is 10.0 Å². The van der Waals surface area contributed by atoms with Crippen LogP contribution in [0.2, 0.25) is 10.0 Å². The molecule has 0 radical (unpaired) electrons. The van der Waals surface area contributed by atoms with Crippen LogP contribution < -0.4 is 10.1 Å². The SMILES string of the molecule is Cc1cccc(NC(=O)c2cccc(OCc3ccc(Cl)c(Cl)c3)c2)c1C. The Morgan fingerprint density at radius 1 is 0.963 bits per heavy atom. The van der Waals surface area contributed by atoms with E-state index in [1.807, 2.05) is 44.2 Å². The second kappa shape index (κ2) is 8.47. The maximum Gasteiger partial charge on any atom is 0.255 e. The van der Waals surface area contributed by atoms with Crippen molar-refractivity contribution in [2.24, 2.45) is 0 Å². The van der Waals surface area contributed by atoms with Gasteiger partial charge < -0.3 is 10.1 Å². The molecule has 5 heteroatoms. The fourth-order valence-corrected chi connectivity index (χ4v) is 2.92. The van der Waals surface area contributed by atoms with Gasteiger partial charge in [0, 0.05) is 11.3 Å². The lowest BCUT2D eigenvalue weighted by atomic mass is 10.1. The predicted molar refractivity (Wildman–Crippen MR) is 111 cm³/mol. The van der Waals surface area contributed by atoms with Crippen molar-refractivity contribution in [2.45, 2.75) is 20.5 Å². The van der Waals surface area contributed by atoms with E-state index in [1.54, 1.807) is 30.3 Å². The zero-order valence-corrected chi connectivity index (χ0v) is 16.6. The second-order valence-corrected chi connectivity index (χ2v) is 7.08. The molecule has 3 aromatic carbocycles. The third-order valence-corrected chi connectivity index (χ3v) is 5.08. The van der Waals surface area contributed by atoms with Gasteiger partial charge in [0.25, 0.3) is 5.91 Å². The molecule has 1 amide bonds. The molecule has 0 saturated heterocycles. The van der Waals surface area contributed by atoms with Gasteiger partial charge in [0.2, 0.25) is 0 Å². The largest absolute Gasteiger partial charge is 0.489 e. The van der Waals surface area contributed by atoms with Gasteiger partial charge in [-0.15, -0.1) is 0 Å². The minimum atomic E-state index is -0.177. The van der Waals surface area contributed by atoms with Gasteiger partial charge in [-0.3, -0.25) is 4.79 Å². The number of ether oxygens (including phenoxy) is 1. The maximum atomic E-state index is 12.6. The number of carbonyl (C=O) groups is 1. The third-order valence-electron chi connectivity index (χ3n) is 4.34. The fraction of sp³-hybridized carbons (Fsp3) is 0.136. The van der Waals surface area contributed by atoms with Crippen molar-refractivity contribution in [3.05, 3.63) is 93.0 Å². The Morgan fingerprint density at radius 2 is 1.74 bits per heavy atom. The Morgan fingerprint density at radius 3 is 2.52 bits per heavy atom. The Kier molecular flexibility index (Phi) is 6.04. The van der Waals surface area contributed by atoms with Crippen molar-refractivity contribution >= 4 is 34.8 Å². The minimum Gasteiger partial charge on any atom is -0.489 e. The average Bonchev–Trinajstić information content (AvgIpc) is 2.66. The fourth-order valence-electron chi connectivity index (χ4n) is 2.60. The van der Waals surface area contributed by atoms with Gasteiger partial charge in [-0.25, -0.2) is 0 Å². The Balaban J connectivity index is 1.70. The third kappa shape index (κ3) is 4.82. The lowest BCUT2D eigenvalue weighted by molar-refractivity contribution is 0.102. The highest BCUT2D eigenvalue weighted by molar-refractivity contribution is 6.42. The highest BCUT2D eigenvalue weighted by Crippen LogP contribution is 2.24. The number of nitrogens with one attached hydrogen (secondary N) is 1. The first-order chi connectivity index (χ1) is 12.9. The summed E-state index contributed by atoms with van der Waals surface area (Å²) in [5.74, 6) is 0.429. The number of hydrogen-bond donors (Lipinski definition) is 1. The van der Waals surface area contributed by atoms with Crippen molar-refractivity contribution in [2.75, 3.05) is 5.32 Å². The first kappa shape index (κ1) is 19.3. The standard InChI is InChI=1S/C22H19Cl2NO2/c1-14-5-3-8-21(15(14)2)25-22(26)17-6-4-7-18(12-17)27-13-16-9-10-19(23)20(24)11-16/h3-12H,13H2,1-2H3,(H,25,26). The molecule has 27 heavy (non-hydrogen) atoms. The highest BCUT2D eigenvalue weighted by atomic mass is 35.5. The van der Waals surface area contributed by atoms with Crippen LogP contribution in [0, 0.1) is 13.8 Å². The van der Waals surface area contributed by atoms with Crippen molar-refractivity contribution in [1.82, 2.24) is 0 Å². The molecule has 0 aromatic heterocycles. The number of amides is 1.